The zero-order chi connectivity index (χ0) is 4.12. The Hall–Kier alpha value is 0.270. The third-order valence-corrected chi connectivity index (χ3v) is 0.707. The number of thioether (sulfide) groups is 1. The smallest absolute Gasteiger partial charge is 0.0405 e. The summed E-state index contributed by atoms with van der Waals surface area (Å²) in [5.74, 6) is 1.27. The predicted octanol–water partition coefficient (Wildman–Crippen LogP) is -0.448. The molecule has 0 saturated heterocycles. The summed E-state index contributed by atoms with van der Waals surface area (Å²) in [7, 11) is 0. The van der Waals surface area contributed by atoms with Crippen LogP contribution in [0.25, 0.3) is 0 Å². The first kappa shape index (κ1) is 5.27. The number of nitrogens with two attached hydrogens (primary N) is 2. The molecule has 0 rings (SSSR count). The fourth-order valence-electron chi connectivity index (χ4n) is 0.0680. The second kappa shape index (κ2) is 4.27. The van der Waals surface area contributed by atoms with Crippen molar-refractivity contribution in [2.24, 2.45) is 11.5 Å². The van der Waals surface area contributed by atoms with Gasteiger partial charge >= 0.3 is 0 Å². The zero-order valence-electron chi connectivity index (χ0n) is 2.98. The van der Waals surface area contributed by atoms with E-state index >= 15 is 0 Å². The summed E-state index contributed by atoms with van der Waals surface area (Å²) in [5.41, 5.74) is 10.0. The van der Waals surface area contributed by atoms with Crippen LogP contribution in [0.3, 0.4) is 0 Å². The van der Waals surface area contributed by atoms with E-state index in [1.165, 1.54) is 11.8 Å². The van der Waals surface area contributed by atoms with Crippen molar-refractivity contribution in [3.63, 3.8) is 0 Å². The Morgan fingerprint density at radius 2 is 1.60 bits per heavy atom. The van der Waals surface area contributed by atoms with Gasteiger partial charge in [0.1, 0.15) is 0 Å². The van der Waals surface area contributed by atoms with Crippen molar-refractivity contribution in [2.75, 3.05) is 11.8 Å². The Balaban J connectivity index is 2.19. The molecule has 0 radical (unpaired) electrons. The Labute approximate surface area is 35.9 Å². The van der Waals surface area contributed by atoms with Gasteiger partial charge in [-0.25, -0.2) is 0 Å². The molecule has 0 aromatic heterocycles. The molecule has 0 saturated carbocycles. The second-order valence-corrected chi connectivity index (χ2v) is 1.61. The second-order valence-electron chi connectivity index (χ2n) is 0.537. The molecule has 2 nitrogen and oxygen atoms in total. The molecule has 0 fully saturated rings. The average Bonchev–Trinajstić information content (AvgIpc) is 1.41. The van der Waals surface area contributed by atoms with E-state index in [4.69, 9.17) is 11.5 Å². The molecule has 0 spiro atoms. The molecule has 3 heteroatoms. The Bertz CT molecular complexity index is 15.1. The summed E-state index contributed by atoms with van der Waals surface area (Å²) in [6, 6.07) is 0. The summed E-state index contributed by atoms with van der Waals surface area (Å²) >= 11 is 1.52. The van der Waals surface area contributed by atoms with Crippen LogP contribution in [0.4, 0.5) is 0 Å². The lowest BCUT2D eigenvalue weighted by Crippen LogP contribution is -1.99. The van der Waals surface area contributed by atoms with Gasteiger partial charge in [0.25, 0.3) is 0 Å². The van der Waals surface area contributed by atoms with Crippen molar-refractivity contribution < 1.29 is 0 Å². The van der Waals surface area contributed by atoms with E-state index in [-0.39, 0.29) is 0 Å². The molecule has 0 aromatic rings. The van der Waals surface area contributed by atoms with Gasteiger partial charge in [-0.1, -0.05) is 0 Å². The van der Waals surface area contributed by atoms with Gasteiger partial charge in [-0.15, -0.1) is 11.8 Å². The minimum atomic E-state index is 0.635. The highest BCUT2D eigenvalue weighted by Crippen LogP contribution is 1.84. The summed E-state index contributed by atoms with van der Waals surface area (Å²) < 4.78 is 0. The monoisotopic (exact) mass is 92.0 g/mol. The van der Waals surface area contributed by atoms with Crippen molar-refractivity contribution in [3.8, 4) is 0 Å². The van der Waals surface area contributed by atoms with Gasteiger partial charge < -0.3 is 11.5 Å². The van der Waals surface area contributed by atoms with Crippen molar-refractivity contribution in [1.29, 1.82) is 0 Å². The average molecular weight is 92.2 g/mol. The molecular formula is C2H8N2S. The highest BCUT2D eigenvalue weighted by molar-refractivity contribution is 7.99. The first-order valence-corrected chi connectivity index (χ1v) is 2.55. The number of hydrogen-bond donors (Lipinski definition) is 2. The standard InChI is InChI=1S/C2H8N2S/c3-1-5-2-4/h1-4H2. The van der Waals surface area contributed by atoms with E-state index in [0.29, 0.717) is 11.8 Å². The maximum atomic E-state index is 5.02. The lowest BCUT2D eigenvalue weighted by Gasteiger charge is -1.82. The van der Waals surface area contributed by atoms with Crippen LogP contribution in [0.2, 0.25) is 0 Å². The van der Waals surface area contributed by atoms with Crippen molar-refractivity contribution in [2.45, 2.75) is 0 Å². The van der Waals surface area contributed by atoms with Crippen LogP contribution in [0.15, 0.2) is 0 Å². The van der Waals surface area contributed by atoms with Gasteiger partial charge in [0.05, 0.1) is 0 Å². The molecule has 5 heavy (non-hydrogen) atoms. The molecule has 32 valence electrons. The van der Waals surface area contributed by atoms with Gasteiger partial charge in [0.15, 0.2) is 0 Å². The van der Waals surface area contributed by atoms with Gasteiger partial charge in [-0.3, -0.25) is 0 Å². The third-order valence-electron chi connectivity index (χ3n) is 0.236. The first-order valence-electron chi connectivity index (χ1n) is 1.39. The van der Waals surface area contributed by atoms with Crippen LogP contribution >= 0.6 is 11.8 Å². The van der Waals surface area contributed by atoms with E-state index < -0.39 is 0 Å². The molecule has 0 bridgehead atoms. The highest BCUT2D eigenvalue weighted by Gasteiger charge is 1.66. The lowest BCUT2D eigenvalue weighted by molar-refractivity contribution is 1.34. The maximum absolute atomic E-state index is 5.02. The molecule has 0 unspecified atom stereocenters. The summed E-state index contributed by atoms with van der Waals surface area (Å²) in [4.78, 5) is 0. The number of hydrogen-bond acceptors (Lipinski definition) is 3. The Morgan fingerprint density at radius 1 is 1.20 bits per heavy atom. The molecule has 0 aliphatic carbocycles. The van der Waals surface area contributed by atoms with E-state index in [2.05, 4.69) is 0 Å². The predicted molar refractivity (Wildman–Crippen MR) is 25.7 cm³/mol. The minimum Gasteiger partial charge on any atom is -0.322 e. The molecule has 0 atom stereocenters. The molecular weight excluding hydrogens is 84.1 g/mol. The summed E-state index contributed by atoms with van der Waals surface area (Å²) in [6.45, 7) is 0. The van der Waals surface area contributed by atoms with Gasteiger partial charge in [-0.05, 0) is 0 Å². The maximum Gasteiger partial charge on any atom is 0.0405 e. The van der Waals surface area contributed by atoms with Gasteiger partial charge in [0.2, 0.25) is 0 Å². The molecule has 0 heterocycles. The van der Waals surface area contributed by atoms with E-state index in [9.17, 15) is 0 Å². The van der Waals surface area contributed by atoms with Crippen LogP contribution in [-0.4, -0.2) is 11.8 Å². The Morgan fingerprint density at radius 3 is 1.60 bits per heavy atom. The van der Waals surface area contributed by atoms with Crippen molar-refractivity contribution >= 4 is 11.8 Å². The normalized spacial score (nSPS) is 8.40. The van der Waals surface area contributed by atoms with Gasteiger partial charge in [0, 0.05) is 11.8 Å². The highest BCUT2D eigenvalue weighted by atomic mass is 32.2. The third kappa shape index (κ3) is 4.27. The molecule has 0 aromatic carbocycles. The van der Waals surface area contributed by atoms with Gasteiger partial charge in [-0.2, -0.15) is 0 Å². The SMILES string of the molecule is NCSCN. The summed E-state index contributed by atoms with van der Waals surface area (Å²) in [5, 5.41) is 0. The molecule has 0 aliphatic heterocycles. The minimum absolute atomic E-state index is 0.635. The quantitative estimate of drug-likeness (QED) is 0.454. The largest absolute Gasteiger partial charge is 0.322 e. The van der Waals surface area contributed by atoms with Crippen molar-refractivity contribution in [1.82, 2.24) is 0 Å². The van der Waals surface area contributed by atoms with E-state index in [0.717, 1.165) is 0 Å². The topological polar surface area (TPSA) is 52.0 Å². The van der Waals surface area contributed by atoms with Crippen LogP contribution < -0.4 is 11.5 Å². The zero-order valence-corrected chi connectivity index (χ0v) is 3.79. The van der Waals surface area contributed by atoms with Crippen LogP contribution in [0.1, 0.15) is 0 Å². The Kier molecular flexibility index (Phi) is 4.50. The lowest BCUT2D eigenvalue weighted by atomic mass is 11.5. The first-order chi connectivity index (χ1) is 2.41. The van der Waals surface area contributed by atoms with Crippen LogP contribution in [-0.2, 0) is 0 Å². The number of rotatable bonds is 2. The molecule has 4 N–H and O–H groups in total. The fourth-order valence-corrected chi connectivity index (χ4v) is 0.204. The molecule has 0 amide bonds. The van der Waals surface area contributed by atoms with Crippen molar-refractivity contribution in [3.05, 3.63) is 0 Å². The van der Waals surface area contributed by atoms with E-state index in [1.807, 2.05) is 0 Å². The van der Waals surface area contributed by atoms with Crippen LogP contribution in [0, 0.1) is 0 Å². The molecule has 0 aliphatic rings. The fraction of sp³-hybridized carbons (Fsp3) is 1.00. The summed E-state index contributed by atoms with van der Waals surface area (Å²) in [6.07, 6.45) is 0. The van der Waals surface area contributed by atoms with Crippen LogP contribution in [0.5, 0.6) is 0 Å². The van der Waals surface area contributed by atoms with E-state index in [1.54, 1.807) is 0 Å².